The minimum atomic E-state index is -2.02. The summed E-state index contributed by atoms with van der Waals surface area (Å²) < 4.78 is 4.51. The second kappa shape index (κ2) is 13.1. The molecule has 0 aliphatic rings. The van der Waals surface area contributed by atoms with Crippen LogP contribution in [0.25, 0.3) is 0 Å². The van der Waals surface area contributed by atoms with Crippen LogP contribution in [0.2, 0.25) is 0 Å². The molecule has 5 atom stereocenters. The first-order chi connectivity index (χ1) is 11.8. The largest absolute Gasteiger partial charge is 0.387 e. The fourth-order valence-electron chi connectivity index (χ4n) is 2.16. The van der Waals surface area contributed by atoms with Gasteiger partial charge in [0.2, 0.25) is 0 Å². The fraction of sp³-hybridized carbons (Fsp3) is 0.867. The van der Waals surface area contributed by atoms with Crippen LogP contribution in [0, 0.1) is 0 Å². The van der Waals surface area contributed by atoms with E-state index in [1.54, 1.807) is 0 Å². The van der Waals surface area contributed by atoms with Crippen molar-refractivity contribution in [3.05, 3.63) is 0 Å². The van der Waals surface area contributed by atoms with Crippen LogP contribution >= 0.6 is 0 Å². The zero-order chi connectivity index (χ0) is 19.4. The average Bonchev–Trinajstić information content (AvgIpc) is 2.61. The van der Waals surface area contributed by atoms with Gasteiger partial charge in [-0.1, -0.05) is 6.92 Å². The van der Waals surface area contributed by atoms with E-state index in [0.29, 0.717) is 13.1 Å². The molecule has 1 amide bonds. The van der Waals surface area contributed by atoms with Crippen molar-refractivity contribution >= 4 is 11.7 Å². The quantitative estimate of drug-likeness (QED) is 0.154. The number of hydrogen-bond acceptors (Lipinski definition) is 9. The number of nitrogens with two attached hydrogens (primary N) is 1. The highest BCUT2D eigenvalue weighted by molar-refractivity contribution is 5.85. The third-order valence-electron chi connectivity index (χ3n) is 3.75. The van der Waals surface area contributed by atoms with E-state index in [9.17, 15) is 30.0 Å². The van der Waals surface area contributed by atoms with Gasteiger partial charge in [0.15, 0.2) is 11.9 Å². The van der Waals surface area contributed by atoms with E-state index in [-0.39, 0.29) is 12.6 Å². The van der Waals surface area contributed by atoms with E-state index in [2.05, 4.69) is 15.4 Å². The smallest absolute Gasteiger partial charge is 0.251 e. The topological polar surface area (TPSA) is 174 Å². The molecule has 0 saturated carbocycles. The SMILES string of the molecule is CCC(CCN)NCCNC(=O)[C@H](O)[C@@H](O)[C@H](O)[C@H](O)C(=O)COC. The molecule has 0 aliphatic heterocycles. The highest BCUT2D eigenvalue weighted by Gasteiger charge is 2.37. The van der Waals surface area contributed by atoms with Crippen molar-refractivity contribution in [2.24, 2.45) is 5.73 Å². The number of aliphatic hydroxyl groups excluding tert-OH is 4. The van der Waals surface area contributed by atoms with Crippen molar-refractivity contribution in [3.63, 3.8) is 0 Å². The Labute approximate surface area is 147 Å². The van der Waals surface area contributed by atoms with E-state index in [4.69, 9.17) is 5.73 Å². The van der Waals surface area contributed by atoms with Crippen LogP contribution < -0.4 is 16.4 Å². The number of rotatable bonds is 14. The van der Waals surface area contributed by atoms with Crippen LogP contribution in [0.1, 0.15) is 19.8 Å². The maximum Gasteiger partial charge on any atom is 0.251 e. The molecule has 10 heteroatoms. The molecule has 0 aromatic carbocycles. The van der Waals surface area contributed by atoms with Gasteiger partial charge in [-0.15, -0.1) is 0 Å². The molecule has 0 heterocycles. The predicted molar refractivity (Wildman–Crippen MR) is 89.7 cm³/mol. The van der Waals surface area contributed by atoms with E-state index < -0.39 is 42.7 Å². The van der Waals surface area contributed by atoms with Crippen LogP contribution in [0.5, 0.6) is 0 Å². The summed E-state index contributed by atoms with van der Waals surface area (Å²) in [6, 6.07) is 0.223. The minimum Gasteiger partial charge on any atom is -0.387 e. The molecule has 0 aliphatic carbocycles. The second-order valence-corrected chi connectivity index (χ2v) is 5.70. The predicted octanol–water partition coefficient (Wildman–Crippen LogP) is -3.52. The van der Waals surface area contributed by atoms with Gasteiger partial charge in [0, 0.05) is 26.2 Å². The van der Waals surface area contributed by atoms with Crippen molar-refractivity contribution in [1.29, 1.82) is 0 Å². The summed E-state index contributed by atoms with van der Waals surface area (Å²) in [5, 5.41) is 44.3. The molecular weight excluding hydrogens is 334 g/mol. The van der Waals surface area contributed by atoms with Gasteiger partial charge in [-0.05, 0) is 19.4 Å². The van der Waals surface area contributed by atoms with Crippen LogP contribution in [0.4, 0.5) is 0 Å². The third kappa shape index (κ3) is 8.68. The highest BCUT2D eigenvalue weighted by Crippen LogP contribution is 2.07. The number of ketones is 1. The molecule has 25 heavy (non-hydrogen) atoms. The summed E-state index contributed by atoms with van der Waals surface area (Å²) in [5.41, 5.74) is 5.48. The Bertz CT molecular complexity index is 397. The van der Waals surface area contributed by atoms with Gasteiger partial charge in [-0.3, -0.25) is 9.59 Å². The lowest BCUT2D eigenvalue weighted by molar-refractivity contribution is -0.156. The number of aliphatic hydroxyl groups is 4. The fourth-order valence-corrected chi connectivity index (χ4v) is 2.16. The van der Waals surface area contributed by atoms with E-state index >= 15 is 0 Å². The Hall–Kier alpha value is -1.14. The Morgan fingerprint density at radius 3 is 2.20 bits per heavy atom. The molecular formula is C15H31N3O7. The highest BCUT2D eigenvalue weighted by atomic mass is 16.5. The molecule has 8 N–H and O–H groups in total. The molecule has 0 aromatic rings. The summed E-state index contributed by atoms with van der Waals surface area (Å²) >= 11 is 0. The number of ether oxygens (including phenoxy) is 1. The number of hydrogen-bond donors (Lipinski definition) is 7. The van der Waals surface area contributed by atoms with Crippen LogP contribution in [0.3, 0.4) is 0 Å². The van der Waals surface area contributed by atoms with Gasteiger partial charge in [-0.2, -0.15) is 0 Å². The molecule has 148 valence electrons. The lowest BCUT2D eigenvalue weighted by atomic mass is 10.00. The summed E-state index contributed by atoms with van der Waals surface area (Å²) in [4.78, 5) is 23.2. The van der Waals surface area contributed by atoms with Crippen LogP contribution in [-0.2, 0) is 14.3 Å². The normalized spacial score (nSPS) is 17.4. The molecule has 0 rings (SSSR count). The van der Waals surface area contributed by atoms with Crippen molar-refractivity contribution in [2.45, 2.75) is 50.2 Å². The van der Waals surface area contributed by atoms with Gasteiger partial charge in [0.05, 0.1) is 0 Å². The van der Waals surface area contributed by atoms with Gasteiger partial charge in [0.25, 0.3) is 5.91 Å². The first-order valence-corrected chi connectivity index (χ1v) is 8.25. The summed E-state index contributed by atoms with van der Waals surface area (Å²) in [7, 11) is 1.22. The maximum atomic E-state index is 11.8. The first-order valence-electron chi connectivity index (χ1n) is 8.25. The molecule has 0 radical (unpaired) electrons. The molecule has 1 unspecified atom stereocenters. The summed E-state index contributed by atoms with van der Waals surface area (Å²) in [6.07, 6.45) is -6.33. The monoisotopic (exact) mass is 365 g/mol. The van der Waals surface area contributed by atoms with Gasteiger partial charge in [0.1, 0.15) is 24.9 Å². The summed E-state index contributed by atoms with van der Waals surface area (Å²) in [5.74, 6) is -1.80. The molecule has 0 fully saturated rings. The number of nitrogens with one attached hydrogen (secondary N) is 2. The second-order valence-electron chi connectivity index (χ2n) is 5.70. The number of carbonyl (C=O) groups is 2. The van der Waals surface area contributed by atoms with E-state index in [1.165, 1.54) is 7.11 Å². The standard InChI is InChI=1S/C15H31N3O7/c1-3-9(4-5-16)17-6-7-18-15(24)14(23)13(22)12(21)11(20)10(19)8-25-2/h9,11-14,17,20-23H,3-8,16H2,1-2H3,(H,18,24)/t9?,11-,12-,13+,14-/m1/s1. The van der Waals surface area contributed by atoms with Gasteiger partial charge in [-0.25, -0.2) is 0 Å². The Balaban J connectivity index is 4.32. The first kappa shape index (κ1) is 23.9. The zero-order valence-electron chi connectivity index (χ0n) is 14.7. The van der Waals surface area contributed by atoms with Crippen LogP contribution in [-0.4, -0.2) is 95.9 Å². The Morgan fingerprint density at radius 1 is 1.08 bits per heavy atom. The number of methoxy groups -OCH3 is 1. The maximum absolute atomic E-state index is 11.8. The lowest BCUT2D eigenvalue weighted by Gasteiger charge is -2.25. The molecule has 0 bridgehead atoms. The van der Waals surface area contributed by atoms with Crippen molar-refractivity contribution in [1.82, 2.24) is 10.6 Å². The molecule has 0 aromatic heterocycles. The van der Waals surface area contributed by atoms with Crippen LogP contribution in [0.15, 0.2) is 0 Å². The Kier molecular flexibility index (Phi) is 12.5. The van der Waals surface area contributed by atoms with Gasteiger partial charge >= 0.3 is 0 Å². The molecule has 0 saturated heterocycles. The van der Waals surface area contributed by atoms with E-state index in [1.807, 2.05) is 6.92 Å². The number of carbonyl (C=O) groups excluding carboxylic acids is 2. The average molecular weight is 365 g/mol. The number of Topliss-reactive ketones (excluding diaryl/α,β-unsaturated/α-hetero) is 1. The van der Waals surface area contributed by atoms with Crippen molar-refractivity contribution < 1.29 is 34.8 Å². The third-order valence-corrected chi connectivity index (χ3v) is 3.75. The van der Waals surface area contributed by atoms with Crippen molar-refractivity contribution in [2.75, 3.05) is 33.4 Å². The zero-order valence-corrected chi connectivity index (χ0v) is 14.7. The molecule has 10 nitrogen and oxygen atoms in total. The minimum absolute atomic E-state index is 0.185. The van der Waals surface area contributed by atoms with Crippen molar-refractivity contribution in [3.8, 4) is 0 Å². The summed E-state index contributed by atoms with van der Waals surface area (Å²) in [6.45, 7) is 2.70. The Morgan fingerprint density at radius 2 is 1.68 bits per heavy atom. The molecule has 0 spiro atoms. The number of amides is 1. The van der Waals surface area contributed by atoms with E-state index in [0.717, 1.165) is 12.8 Å². The van der Waals surface area contributed by atoms with Gasteiger partial charge < -0.3 is 41.5 Å². The lowest BCUT2D eigenvalue weighted by Crippen LogP contribution is -2.53.